The summed E-state index contributed by atoms with van der Waals surface area (Å²) in [5, 5.41) is 2.59. The number of benzene rings is 2. The zero-order valence-electron chi connectivity index (χ0n) is 14.3. The van der Waals surface area contributed by atoms with Gasteiger partial charge < -0.3 is 10.1 Å². The second-order valence-electron chi connectivity index (χ2n) is 5.88. The molecule has 0 bridgehead atoms. The van der Waals surface area contributed by atoms with Crippen molar-refractivity contribution < 1.29 is 14.3 Å². The van der Waals surface area contributed by atoms with Crippen LogP contribution in [-0.4, -0.2) is 23.4 Å². The molecule has 1 aliphatic rings. The molecule has 5 nitrogen and oxygen atoms in total. The van der Waals surface area contributed by atoms with Crippen molar-refractivity contribution in [1.29, 1.82) is 0 Å². The van der Waals surface area contributed by atoms with E-state index in [-0.39, 0.29) is 11.9 Å². The Hall–Kier alpha value is -3.08. The van der Waals surface area contributed by atoms with Gasteiger partial charge in [0, 0.05) is 6.54 Å². The molecular formula is C20H20N2O3. The summed E-state index contributed by atoms with van der Waals surface area (Å²) in [5.41, 5.74) is 3.44. The Bertz CT molecular complexity index is 808. The van der Waals surface area contributed by atoms with Crippen LogP contribution in [-0.2, 0) is 11.4 Å². The molecule has 1 aliphatic heterocycles. The number of ether oxygens (including phenoxy) is 1. The van der Waals surface area contributed by atoms with Gasteiger partial charge in [-0.15, -0.1) is 0 Å². The van der Waals surface area contributed by atoms with Crippen LogP contribution < -0.4 is 10.1 Å². The van der Waals surface area contributed by atoms with Crippen molar-refractivity contribution in [2.75, 3.05) is 6.54 Å². The Morgan fingerprint density at radius 1 is 1.04 bits per heavy atom. The van der Waals surface area contributed by atoms with Crippen molar-refractivity contribution in [3.63, 3.8) is 0 Å². The van der Waals surface area contributed by atoms with Crippen LogP contribution in [0.5, 0.6) is 5.75 Å². The summed E-state index contributed by atoms with van der Waals surface area (Å²) in [6.07, 6.45) is 1.67. The topological polar surface area (TPSA) is 58.6 Å². The number of nitrogens with one attached hydrogen (secondary N) is 1. The highest BCUT2D eigenvalue weighted by molar-refractivity contribution is 6.13. The number of hydrogen-bond acceptors (Lipinski definition) is 3. The van der Waals surface area contributed by atoms with Crippen molar-refractivity contribution in [2.45, 2.75) is 20.5 Å². The first kappa shape index (κ1) is 16.8. The van der Waals surface area contributed by atoms with E-state index in [9.17, 15) is 9.59 Å². The van der Waals surface area contributed by atoms with Crippen LogP contribution >= 0.6 is 0 Å². The van der Waals surface area contributed by atoms with Gasteiger partial charge in [-0.05, 0) is 43.2 Å². The molecule has 5 heteroatoms. The fraction of sp³-hybridized carbons (Fsp3) is 0.200. The molecule has 0 unspecified atom stereocenters. The second kappa shape index (κ2) is 7.21. The fourth-order valence-electron chi connectivity index (χ4n) is 2.54. The number of amides is 3. The summed E-state index contributed by atoms with van der Waals surface area (Å²) >= 11 is 0. The Balaban J connectivity index is 1.64. The minimum atomic E-state index is -0.378. The molecule has 2 aromatic carbocycles. The van der Waals surface area contributed by atoms with Crippen molar-refractivity contribution in [2.24, 2.45) is 0 Å². The van der Waals surface area contributed by atoms with Gasteiger partial charge in [0.05, 0.1) is 0 Å². The zero-order valence-corrected chi connectivity index (χ0v) is 14.3. The number of carbonyl (C=O) groups excluding carboxylic acids is 2. The number of rotatable bonds is 5. The van der Waals surface area contributed by atoms with Crippen LogP contribution in [0.15, 0.2) is 54.2 Å². The number of carbonyl (C=O) groups is 2. The van der Waals surface area contributed by atoms with Crippen LogP contribution in [0, 0.1) is 6.92 Å². The highest BCUT2D eigenvalue weighted by Crippen LogP contribution is 2.18. The predicted molar refractivity (Wildman–Crippen MR) is 95.8 cm³/mol. The fourth-order valence-corrected chi connectivity index (χ4v) is 2.54. The normalized spacial score (nSPS) is 15.6. The third kappa shape index (κ3) is 3.88. The Kier molecular flexibility index (Phi) is 4.84. The number of aryl methyl sites for hydroxylation is 1. The van der Waals surface area contributed by atoms with E-state index in [0.717, 1.165) is 16.9 Å². The van der Waals surface area contributed by atoms with Crippen molar-refractivity contribution in [1.82, 2.24) is 10.2 Å². The summed E-state index contributed by atoms with van der Waals surface area (Å²) in [6.45, 7) is 4.67. The summed E-state index contributed by atoms with van der Waals surface area (Å²) in [7, 11) is 0. The van der Waals surface area contributed by atoms with Crippen molar-refractivity contribution >= 4 is 18.0 Å². The van der Waals surface area contributed by atoms with E-state index in [1.807, 2.05) is 36.4 Å². The molecule has 0 radical (unpaired) electrons. The molecule has 3 amide bonds. The maximum atomic E-state index is 12.1. The SMILES string of the molecule is CCN1C(=O)N/C(=C/c2ccc(OCc3ccc(C)cc3)cc2)C1=O. The lowest BCUT2D eigenvalue weighted by Gasteiger charge is -2.07. The average Bonchev–Trinajstić information content (AvgIpc) is 2.88. The van der Waals surface area contributed by atoms with E-state index in [1.54, 1.807) is 13.0 Å². The van der Waals surface area contributed by atoms with Crippen LogP contribution in [0.25, 0.3) is 6.08 Å². The highest BCUT2D eigenvalue weighted by Gasteiger charge is 2.31. The van der Waals surface area contributed by atoms with Gasteiger partial charge in [0.15, 0.2) is 0 Å². The quantitative estimate of drug-likeness (QED) is 0.672. The third-order valence-corrected chi connectivity index (χ3v) is 4.00. The van der Waals surface area contributed by atoms with Crippen LogP contribution in [0.3, 0.4) is 0 Å². The largest absolute Gasteiger partial charge is 0.489 e. The summed E-state index contributed by atoms with van der Waals surface area (Å²) in [6, 6.07) is 15.2. The lowest BCUT2D eigenvalue weighted by atomic mass is 10.1. The molecule has 1 heterocycles. The zero-order chi connectivity index (χ0) is 17.8. The average molecular weight is 336 g/mol. The molecule has 0 aromatic heterocycles. The summed E-state index contributed by atoms with van der Waals surface area (Å²) < 4.78 is 5.76. The number of imide groups is 1. The highest BCUT2D eigenvalue weighted by atomic mass is 16.5. The lowest BCUT2D eigenvalue weighted by molar-refractivity contribution is -0.122. The van der Waals surface area contributed by atoms with Crippen LogP contribution in [0.1, 0.15) is 23.6 Å². The Labute approximate surface area is 146 Å². The van der Waals surface area contributed by atoms with Gasteiger partial charge in [0.25, 0.3) is 5.91 Å². The number of likely N-dealkylation sites (N-methyl/N-ethyl adjacent to an activating group) is 1. The van der Waals surface area contributed by atoms with Gasteiger partial charge in [0.1, 0.15) is 18.1 Å². The van der Waals surface area contributed by atoms with Crippen molar-refractivity contribution in [3.8, 4) is 5.75 Å². The Morgan fingerprint density at radius 2 is 1.72 bits per heavy atom. The van der Waals surface area contributed by atoms with E-state index in [2.05, 4.69) is 24.4 Å². The monoisotopic (exact) mass is 336 g/mol. The molecule has 0 spiro atoms. The molecule has 3 rings (SSSR count). The number of hydrogen-bond donors (Lipinski definition) is 1. The molecule has 128 valence electrons. The third-order valence-electron chi connectivity index (χ3n) is 4.00. The predicted octanol–water partition coefficient (Wildman–Crippen LogP) is 3.49. The molecule has 0 saturated carbocycles. The molecule has 1 N–H and O–H groups in total. The first-order valence-electron chi connectivity index (χ1n) is 8.20. The maximum Gasteiger partial charge on any atom is 0.328 e. The molecule has 0 atom stereocenters. The first-order chi connectivity index (χ1) is 12.1. The van der Waals surface area contributed by atoms with Crippen LogP contribution in [0.4, 0.5) is 4.79 Å². The molecule has 2 aromatic rings. The molecule has 1 saturated heterocycles. The lowest BCUT2D eigenvalue weighted by Crippen LogP contribution is -2.30. The van der Waals surface area contributed by atoms with E-state index in [1.165, 1.54) is 10.5 Å². The minimum absolute atomic E-state index is 0.292. The molecule has 1 fully saturated rings. The number of urea groups is 1. The van der Waals surface area contributed by atoms with Crippen molar-refractivity contribution in [3.05, 3.63) is 70.9 Å². The van der Waals surface area contributed by atoms with Gasteiger partial charge in [-0.25, -0.2) is 4.79 Å². The first-order valence-corrected chi connectivity index (χ1v) is 8.20. The molecular weight excluding hydrogens is 316 g/mol. The van der Waals surface area contributed by atoms with E-state index < -0.39 is 0 Å². The van der Waals surface area contributed by atoms with Gasteiger partial charge >= 0.3 is 6.03 Å². The van der Waals surface area contributed by atoms with Gasteiger partial charge in [-0.1, -0.05) is 42.0 Å². The standard InChI is InChI=1S/C20H20N2O3/c1-3-22-19(23)18(21-20(22)24)12-15-8-10-17(11-9-15)25-13-16-6-4-14(2)5-7-16/h4-12H,3,13H2,1-2H3,(H,21,24)/b18-12+. The van der Waals surface area contributed by atoms with Gasteiger partial charge in [-0.3, -0.25) is 9.69 Å². The molecule has 25 heavy (non-hydrogen) atoms. The maximum absolute atomic E-state index is 12.1. The smallest absolute Gasteiger partial charge is 0.328 e. The van der Waals surface area contributed by atoms with Gasteiger partial charge in [0.2, 0.25) is 0 Å². The van der Waals surface area contributed by atoms with E-state index >= 15 is 0 Å². The van der Waals surface area contributed by atoms with Crippen LogP contribution in [0.2, 0.25) is 0 Å². The second-order valence-corrected chi connectivity index (χ2v) is 5.88. The summed E-state index contributed by atoms with van der Waals surface area (Å²) in [5.74, 6) is 0.451. The minimum Gasteiger partial charge on any atom is -0.489 e. The number of nitrogens with zero attached hydrogens (tertiary/aromatic N) is 1. The Morgan fingerprint density at radius 3 is 2.32 bits per heavy atom. The van der Waals surface area contributed by atoms with Gasteiger partial charge in [-0.2, -0.15) is 0 Å². The molecule has 0 aliphatic carbocycles. The van der Waals surface area contributed by atoms with E-state index in [4.69, 9.17) is 4.74 Å². The summed E-state index contributed by atoms with van der Waals surface area (Å²) in [4.78, 5) is 24.9. The van der Waals surface area contributed by atoms with E-state index in [0.29, 0.717) is 18.8 Å².